The molecule has 2 rings (SSSR count). The van der Waals surface area contributed by atoms with Crippen LogP contribution in [0.5, 0.6) is 0 Å². The number of unbranched alkanes of at least 4 members (excludes halogenated alkanes) is 5. The van der Waals surface area contributed by atoms with Crippen LogP contribution in [0.2, 0.25) is 0 Å². The fourth-order valence-corrected chi connectivity index (χ4v) is 3.85. The fourth-order valence-electron chi connectivity index (χ4n) is 3.56. The number of aryl methyl sites for hydroxylation is 1. The van der Waals surface area contributed by atoms with Gasteiger partial charge in [0.15, 0.2) is 0 Å². The molecule has 0 saturated carbocycles. The molecule has 2 aromatic rings. The molecule has 0 aliphatic carbocycles. The lowest BCUT2D eigenvalue weighted by molar-refractivity contribution is 0.275. The van der Waals surface area contributed by atoms with Crippen LogP contribution in [0, 0.1) is 0 Å². The largest absolute Gasteiger partial charge is 0.694 e. The molecule has 5 nitrogen and oxygen atoms in total. The topological polar surface area (TPSA) is 71.5 Å². The summed E-state index contributed by atoms with van der Waals surface area (Å²) in [5, 5.41) is 4.71. The van der Waals surface area contributed by atoms with Crippen molar-refractivity contribution in [2.24, 2.45) is 0 Å². The lowest BCUT2D eigenvalue weighted by Crippen LogP contribution is -2.21. The third-order valence-corrected chi connectivity index (χ3v) is 5.53. The Morgan fingerprint density at radius 1 is 1.14 bits per heavy atom. The summed E-state index contributed by atoms with van der Waals surface area (Å²) in [6, 6.07) is 8.80. The number of hydrogen-bond donors (Lipinski definition) is 2. The summed E-state index contributed by atoms with van der Waals surface area (Å²) in [6.45, 7) is 5.38. The summed E-state index contributed by atoms with van der Waals surface area (Å²) in [4.78, 5) is 13.3. The van der Waals surface area contributed by atoms with Gasteiger partial charge in [-0.2, -0.15) is 0 Å². The van der Waals surface area contributed by atoms with Crippen molar-refractivity contribution in [3.05, 3.63) is 41.6 Å². The third-order valence-electron chi connectivity index (χ3n) is 5.13. The Morgan fingerprint density at radius 2 is 1.93 bits per heavy atom. The zero-order chi connectivity index (χ0) is 20.2. The molecule has 0 aliphatic heterocycles. The summed E-state index contributed by atoms with van der Waals surface area (Å²) < 4.78 is 15.2. The average molecular weight is 405 g/mol. The van der Waals surface area contributed by atoms with Gasteiger partial charge >= 0.3 is 8.25 Å². The predicted molar refractivity (Wildman–Crippen MR) is 116 cm³/mol. The molecule has 0 radical (unpaired) electrons. The Morgan fingerprint density at radius 3 is 2.71 bits per heavy atom. The van der Waals surface area contributed by atoms with Crippen LogP contribution in [-0.4, -0.2) is 23.0 Å². The summed E-state index contributed by atoms with van der Waals surface area (Å²) >= 11 is 0. The Labute approximate surface area is 169 Å². The number of pyridine rings is 1. The third kappa shape index (κ3) is 7.56. The molecule has 154 valence electrons. The molecule has 1 heterocycles. The number of nitrogens with zero attached hydrogens (tertiary/aromatic N) is 1. The Bertz CT molecular complexity index is 739. The molecule has 28 heavy (non-hydrogen) atoms. The van der Waals surface area contributed by atoms with E-state index >= 15 is 0 Å². The second-order valence-electron chi connectivity index (χ2n) is 7.33. The molecule has 0 amide bonds. The molecule has 0 aliphatic rings. The summed E-state index contributed by atoms with van der Waals surface area (Å²) in [6.07, 6.45) is 11.5. The number of nitrogens with one attached hydrogen (secondary N) is 1. The van der Waals surface area contributed by atoms with E-state index in [2.05, 4.69) is 42.3 Å². The molecular weight excluding hydrogens is 371 g/mol. The Hall–Kier alpha value is -1.39. The monoisotopic (exact) mass is 405 g/mol. The number of aromatic nitrogens is 1. The molecule has 0 saturated heterocycles. The van der Waals surface area contributed by atoms with Crippen molar-refractivity contribution in [1.29, 1.82) is 0 Å². The van der Waals surface area contributed by atoms with Crippen LogP contribution in [0.25, 0.3) is 10.9 Å². The highest BCUT2D eigenvalue weighted by molar-refractivity contribution is 7.32. The number of rotatable bonds is 14. The first-order valence-corrected chi connectivity index (χ1v) is 11.7. The van der Waals surface area contributed by atoms with Gasteiger partial charge in [0, 0.05) is 22.2 Å². The van der Waals surface area contributed by atoms with Gasteiger partial charge in [-0.25, -0.2) is 0 Å². The molecule has 0 spiro atoms. The van der Waals surface area contributed by atoms with E-state index in [1.54, 1.807) is 0 Å². The maximum atomic E-state index is 10.5. The van der Waals surface area contributed by atoms with Gasteiger partial charge in [0.25, 0.3) is 0 Å². The van der Waals surface area contributed by atoms with Crippen LogP contribution in [0.4, 0.5) is 0 Å². The minimum atomic E-state index is -2.50. The molecule has 0 bridgehead atoms. The average Bonchev–Trinajstić information content (AvgIpc) is 2.70. The van der Waals surface area contributed by atoms with Crippen LogP contribution in [0.1, 0.15) is 76.0 Å². The highest BCUT2D eigenvalue weighted by Crippen LogP contribution is 2.27. The first-order valence-electron chi connectivity index (χ1n) is 10.5. The van der Waals surface area contributed by atoms with Crippen molar-refractivity contribution in [2.45, 2.75) is 71.3 Å². The second-order valence-corrected chi connectivity index (χ2v) is 8.07. The number of hydrogen-bond acceptors (Lipinski definition) is 4. The molecule has 2 unspecified atom stereocenters. The van der Waals surface area contributed by atoms with Gasteiger partial charge < -0.3 is 5.32 Å². The van der Waals surface area contributed by atoms with E-state index in [0.717, 1.165) is 18.5 Å². The summed E-state index contributed by atoms with van der Waals surface area (Å²) in [5.74, 6) is 0. The molecule has 1 aromatic heterocycles. The van der Waals surface area contributed by atoms with Gasteiger partial charge in [-0.1, -0.05) is 57.2 Å². The Kier molecular flexibility index (Phi) is 10.6. The van der Waals surface area contributed by atoms with E-state index in [4.69, 9.17) is 9.42 Å². The lowest BCUT2D eigenvalue weighted by Gasteiger charge is -2.17. The van der Waals surface area contributed by atoms with E-state index in [9.17, 15) is 4.57 Å². The number of benzene rings is 1. The maximum Gasteiger partial charge on any atom is 0.694 e. The molecule has 6 heteroatoms. The zero-order valence-corrected chi connectivity index (χ0v) is 18.1. The minimum absolute atomic E-state index is 0.156. The Balaban J connectivity index is 1.95. The van der Waals surface area contributed by atoms with Crippen molar-refractivity contribution in [1.82, 2.24) is 10.3 Å². The van der Waals surface area contributed by atoms with Gasteiger partial charge in [-0.3, -0.25) is 4.98 Å². The van der Waals surface area contributed by atoms with E-state index in [-0.39, 0.29) is 12.6 Å². The van der Waals surface area contributed by atoms with Crippen molar-refractivity contribution < 1.29 is 14.0 Å². The van der Waals surface area contributed by atoms with E-state index in [1.807, 2.05) is 12.3 Å². The van der Waals surface area contributed by atoms with Gasteiger partial charge in [-0.15, -0.1) is 9.42 Å². The highest BCUT2D eigenvalue weighted by atomic mass is 31.1. The fraction of sp³-hybridized carbons (Fsp3) is 0.591. The minimum Gasteiger partial charge on any atom is -0.310 e. The standard InChI is InChI=1S/C22H33N2O3P/c1-3-4-5-6-7-8-11-19-13-14-20(22-21(19)12-9-15-24-22)18(2)23-16-10-17-27-28(25)26/h9,12-15,18,23H,3-8,10-11,16-17H2,1-2H3/p+1. The zero-order valence-electron chi connectivity index (χ0n) is 17.2. The smallest absolute Gasteiger partial charge is 0.310 e. The molecule has 0 fully saturated rings. The maximum absolute atomic E-state index is 10.5. The van der Waals surface area contributed by atoms with Gasteiger partial charge in [0.2, 0.25) is 0 Å². The van der Waals surface area contributed by atoms with E-state index in [1.165, 1.54) is 55.0 Å². The second kappa shape index (κ2) is 12.9. The number of fused-ring (bicyclic) bond motifs is 1. The predicted octanol–water partition coefficient (Wildman–Crippen LogP) is 5.84. The van der Waals surface area contributed by atoms with E-state index in [0.29, 0.717) is 6.42 Å². The van der Waals surface area contributed by atoms with Crippen molar-refractivity contribution >= 4 is 19.2 Å². The van der Waals surface area contributed by atoms with Crippen LogP contribution >= 0.6 is 8.25 Å². The van der Waals surface area contributed by atoms with Crippen molar-refractivity contribution in [3.63, 3.8) is 0 Å². The molecule has 2 atom stereocenters. The molecule has 1 aromatic carbocycles. The SMILES string of the molecule is CCCCCCCCc1ccc(C(C)NCCCO[P+](=O)O)c2ncccc12. The lowest BCUT2D eigenvalue weighted by atomic mass is 9.96. The van der Waals surface area contributed by atoms with Crippen LogP contribution in [0.3, 0.4) is 0 Å². The molecular formula is C22H34N2O3P+. The van der Waals surface area contributed by atoms with Gasteiger partial charge in [0.05, 0.1) is 5.52 Å². The van der Waals surface area contributed by atoms with Crippen molar-refractivity contribution in [3.8, 4) is 0 Å². The van der Waals surface area contributed by atoms with Crippen LogP contribution < -0.4 is 5.32 Å². The quantitative estimate of drug-likeness (QED) is 0.305. The summed E-state index contributed by atoms with van der Waals surface area (Å²) in [7, 11) is -2.50. The van der Waals surface area contributed by atoms with Gasteiger partial charge in [-0.05, 0) is 49.9 Å². The van der Waals surface area contributed by atoms with Gasteiger partial charge in [0.1, 0.15) is 6.61 Å². The van der Waals surface area contributed by atoms with Crippen molar-refractivity contribution in [2.75, 3.05) is 13.2 Å². The summed E-state index contributed by atoms with van der Waals surface area (Å²) in [5.41, 5.74) is 3.65. The molecule has 2 N–H and O–H groups in total. The van der Waals surface area contributed by atoms with Crippen LogP contribution in [-0.2, 0) is 15.5 Å². The van der Waals surface area contributed by atoms with Crippen LogP contribution in [0.15, 0.2) is 30.5 Å². The first kappa shape index (κ1) is 22.9. The normalized spacial score (nSPS) is 13.0. The highest BCUT2D eigenvalue weighted by Gasteiger charge is 2.14. The van der Waals surface area contributed by atoms with E-state index < -0.39 is 8.25 Å². The first-order chi connectivity index (χ1) is 13.6.